The second-order valence-electron chi connectivity index (χ2n) is 17.3. The number of esters is 1. The summed E-state index contributed by atoms with van der Waals surface area (Å²) in [6.45, 7) is 17.1. The average molecular weight is 609 g/mol. The van der Waals surface area contributed by atoms with Crippen molar-refractivity contribution in [1.82, 2.24) is 0 Å². The van der Waals surface area contributed by atoms with Crippen molar-refractivity contribution in [3.8, 4) is 0 Å². The molecule has 5 fully saturated rings. The van der Waals surface area contributed by atoms with Crippen LogP contribution in [0.5, 0.6) is 0 Å². The molecule has 44 heavy (non-hydrogen) atoms. The Balaban J connectivity index is 1.29. The quantitative estimate of drug-likeness (QED) is 0.311. The molecule has 1 aromatic rings. The third-order valence-corrected chi connectivity index (χ3v) is 15.4. The predicted octanol–water partition coefficient (Wildman–Crippen LogP) is 8.98. The fourth-order valence-electron chi connectivity index (χ4n) is 13.1. The number of carbonyl (C=O) groups is 3. The molecule has 0 bridgehead atoms. The van der Waals surface area contributed by atoms with Gasteiger partial charge in [0.1, 0.15) is 11.9 Å². The van der Waals surface area contributed by atoms with Gasteiger partial charge >= 0.3 is 11.9 Å². The number of carboxylic acids is 1. The Kier molecular flexibility index (Phi) is 7.76. The maximum absolute atomic E-state index is 14.0. The largest absolute Gasteiger partial charge is 0.481 e. The van der Waals surface area contributed by atoms with E-state index in [0.29, 0.717) is 35.5 Å². The van der Waals surface area contributed by atoms with Crippen LogP contribution in [0.15, 0.2) is 22.8 Å². The standard InChI is InChI=1S/C38H56O6/c1-23(2)24-14-19-38(29(39)12-13-31(40)41)21-20-36(6)25(32(24)38)10-11-28-35(5)17-16-30(44-33(42)26-9-8-22-43-26)34(3,4)27(35)15-18-37(28,36)7/h8-9,22-25,27-28,30,32H,10-21H2,1-7H3,(H,40,41)/t24-,25?,27?,28?,30+,32?,35-,36+,37+,38+/m0/s1. The molecule has 1 aromatic heterocycles. The van der Waals surface area contributed by atoms with Crippen LogP contribution in [-0.2, 0) is 14.3 Å². The molecule has 0 radical (unpaired) electrons. The highest BCUT2D eigenvalue weighted by atomic mass is 16.6. The molecule has 10 atom stereocenters. The lowest BCUT2D eigenvalue weighted by molar-refractivity contribution is -0.247. The minimum absolute atomic E-state index is 0.0469. The van der Waals surface area contributed by atoms with Crippen molar-refractivity contribution in [1.29, 1.82) is 0 Å². The van der Waals surface area contributed by atoms with E-state index in [1.54, 1.807) is 12.1 Å². The van der Waals surface area contributed by atoms with Gasteiger partial charge < -0.3 is 14.3 Å². The maximum Gasteiger partial charge on any atom is 0.374 e. The molecular weight excluding hydrogens is 552 g/mol. The molecule has 6 heteroatoms. The molecule has 4 unspecified atom stereocenters. The Labute approximate surface area is 264 Å². The zero-order valence-corrected chi connectivity index (χ0v) is 28.2. The molecule has 244 valence electrons. The summed E-state index contributed by atoms with van der Waals surface area (Å²) in [5, 5.41) is 9.41. The highest BCUT2D eigenvalue weighted by Crippen LogP contribution is 2.77. The van der Waals surface area contributed by atoms with E-state index in [4.69, 9.17) is 9.15 Å². The first-order valence-corrected chi connectivity index (χ1v) is 17.6. The molecule has 0 saturated heterocycles. The van der Waals surface area contributed by atoms with Gasteiger partial charge in [-0.3, -0.25) is 9.59 Å². The summed E-state index contributed by atoms with van der Waals surface area (Å²) < 4.78 is 11.5. The lowest BCUT2D eigenvalue weighted by Crippen LogP contribution is -2.67. The van der Waals surface area contributed by atoms with E-state index in [-0.39, 0.29) is 63.5 Å². The lowest BCUT2D eigenvalue weighted by atomic mass is 9.32. The van der Waals surface area contributed by atoms with E-state index >= 15 is 0 Å². The van der Waals surface area contributed by atoms with Gasteiger partial charge in [-0.1, -0.05) is 48.5 Å². The number of aliphatic carboxylic acids is 1. The van der Waals surface area contributed by atoms with Crippen molar-refractivity contribution in [2.24, 2.45) is 62.6 Å². The minimum atomic E-state index is -0.864. The first-order chi connectivity index (χ1) is 20.6. The van der Waals surface area contributed by atoms with Gasteiger partial charge in [0, 0.05) is 17.3 Å². The number of carbonyl (C=O) groups excluding carboxylic acids is 2. The molecule has 5 aliphatic rings. The number of hydrogen-bond donors (Lipinski definition) is 1. The Morgan fingerprint density at radius 2 is 1.64 bits per heavy atom. The molecule has 0 spiro atoms. The summed E-state index contributed by atoms with van der Waals surface area (Å²) in [6, 6.07) is 3.41. The Hall–Kier alpha value is -2.11. The fourth-order valence-corrected chi connectivity index (χ4v) is 13.1. The Morgan fingerprint density at radius 1 is 0.886 bits per heavy atom. The highest BCUT2D eigenvalue weighted by molar-refractivity contribution is 5.88. The molecule has 0 aliphatic heterocycles. The van der Waals surface area contributed by atoms with E-state index in [2.05, 4.69) is 48.5 Å². The van der Waals surface area contributed by atoms with Crippen LogP contribution in [0.3, 0.4) is 0 Å². The number of ketones is 1. The number of carboxylic acid groups (broad SMARTS) is 1. The van der Waals surface area contributed by atoms with Crippen molar-refractivity contribution in [2.45, 2.75) is 132 Å². The number of hydrogen-bond acceptors (Lipinski definition) is 5. The molecule has 5 aliphatic carbocycles. The number of Topliss-reactive ketones (excluding diaryl/α,β-unsaturated/α-hetero) is 1. The first kappa shape index (κ1) is 31.9. The van der Waals surface area contributed by atoms with Crippen LogP contribution >= 0.6 is 0 Å². The van der Waals surface area contributed by atoms with Gasteiger partial charge in [0.05, 0.1) is 12.7 Å². The van der Waals surface area contributed by atoms with Crippen molar-refractivity contribution in [3.63, 3.8) is 0 Å². The molecule has 6 rings (SSSR count). The van der Waals surface area contributed by atoms with Gasteiger partial charge in [-0.15, -0.1) is 0 Å². The predicted molar refractivity (Wildman–Crippen MR) is 169 cm³/mol. The average Bonchev–Trinajstić information content (AvgIpc) is 3.63. The van der Waals surface area contributed by atoms with Crippen LogP contribution in [-0.4, -0.2) is 28.9 Å². The smallest absolute Gasteiger partial charge is 0.374 e. The van der Waals surface area contributed by atoms with Crippen molar-refractivity contribution in [3.05, 3.63) is 24.2 Å². The Bertz CT molecular complexity index is 1280. The topological polar surface area (TPSA) is 93.8 Å². The maximum atomic E-state index is 14.0. The van der Waals surface area contributed by atoms with Crippen LogP contribution in [0, 0.1) is 62.6 Å². The van der Waals surface area contributed by atoms with Gasteiger partial charge in [-0.2, -0.15) is 0 Å². The van der Waals surface area contributed by atoms with Crippen molar-refractivity contribution >= 4 is 17.7 Å². The summed E-state index contributed by atoms with van der Waals surface area (Å²) in [5.41, 5.74) is 0.0132. The van der Waals surface area contributed by atoms with E-state index in [1.165, 1.54) is 19.1 Å². The molecular formula is C38H56O6. The van der Waals surface area contributed by atoms with Gasteiger partial charge in [-0.05, 0) is 128 Å². The van der Waals surface area contributed by atoms with Gasteiger partial charge in [0.2, 0.25) is 5.76 Å². The van der Waals surface area contributed by atoms with Crippen LogP contribution < -0.4 is 0 Å². The van der Waals surface area contributed by atoms with Gasteiger partial charge in [0.25, 0.3) is 0 Å². The molecule has 0 amide bonds. The molecule has 1 heterocycles. The number of fused-ring (bicyclic) bond motifs is 7. The van der Waals surface area contributed by atoms with Crippen molar-refractivity contribution < 1.29 is 28.6 Å². The van der Waals surface area contributed by atoms with E-state index < -0.39 is 5.97 Å². The molecule has 0 aromatic carbocycles. The van der Waals surface area contributed by atoms with Crippen LogP contribution in [0.25, 0.3) is 0 Å². The number of rotatable bonds is 7. The SMILES string of the molecule is CC(C)[C@@H]1CC[C@]2(C(=O)CCC(=O)O)CC[C@]3(C)C(CCC4[C@@]5(C)CC[C@@H](OC(=O)c6ccco6)C(C)(C)C5CC[C@]43C)C12. The Morgan fingerprint density at radius 3 is 2.30 bits per heavy atom. The monoisotopic (exact) mass is 608 g/mol. The zero-order chi connectivity index (χ0) is 31.9. The van der Waals surface area contributed by atoms with E-state index in [1.807, 2.05) is 0 Å². The normalized spacial score (nSPS) is 44.2. The van der Waals surface area contributed by atoms with Crippen LogP contribution in [0.2, 0.25) is 0 Å². The third-order valence-electron chi connectivity index (χ3n) is 15.4. The lowest BCUT2D eigenvalue weighted by Gasteiger charge is -2.73. The number of furan rings is 1. The molecule has 6 nitrogen and oxygen atoms in total. The van der Waals surface area contributed by atoms with E-state index in [0.717, 1.165) is 51.4 Å². The van der Waals surface area contributed by atoms with Gasteiger partial charge in [-0.25, -0.2) is 4.79 Å². The first-order valence-electron chi connectivity index (χ1n) is 17.6. The molecule has 1 N–H and O–H groups in total. The summed E-state index contributed by atoms with van der Waals surface area (Å²) in [5.74, 6) is 2.26. The summed E-state index contributed by atoms with van der Waals surface area (Å²) >= 11 is 0. The second kappa shape index (κ2) is 10.7. The summed E-state index contributed by atoms with van der Waals surface area (Å²) in [6.07, 6.45) is 12.2. The summed E-state index contributed by atoms with van der Waals surface area (Å²) in [4.78, 5) is 38.4. The van der Waals surface area contributed by atoms with Crippen molar-refractivity contribution in [2.75, 3.05) is 0 Å². The fraction of sp³-hybridized carbons (Fsp3) is 0.816. The second-order valence-corrected chi connectivity index (χ2v) is 17.3. The highest BCUT2D eigenvalue weighted by Gasteiger charge is 2.72. The minimum Gasteiger partial charge on any atom is -0.481 e. The third kappa shape index (κ3) is 4.42. The van der Waals surface area contributed by atoms with Gasteiger partial charge in [0.15, 0.2) is 0 Å². The van der Waals surface area contributed by atoms with E-state index in [9.17, 15) is 19.5 Å². The summed E-state index contributed by atoms with van der Waals surface area (Å²) in [7, 11) is 0. The van der Waals surface area contributed by atoms with Crippen LogP contribution in [0.1, 0.15) is 136 Å². The molecule has 5 saturated carbocycles. The van der Waals surface area contributed by atoms with Crippen LogP contribution in [0.4, 0.5) is 0 Å². The zero-order valence-electron chi connectivity index (χ0n) is 28.2. The number of ether oxygens (including phenoxy) is 1.